The SMILES string of the molecule is [C-]#[N+]c1ccc(NC2CCC(N(C(=O)NCc3ccccc3)c3cc(NC(=O)C=C)cc(N4CCN(C)[C@@H](C)C4)c3)CC2)nc1. The molecule has 2 aromatic carbocycles. The summed E-state index contributed by atoms with van der Waals surface area (Å²) in [5, 5.41) is 9.60. The minimum Gasteiger partial charge on any atom is -0.369 e. The van der Waals surface area contributed by atoms with Crippen molar-refractivity contribution in [3.8, 4) is 0 Å². The number of aromatic nitrogens is 1. The number of carbonyl (C=O) groups is 2. The molecule has 10 nitrogen and oxygen atoms in total. The molecule has 2 heterocycles. The molecular weight excluding hydrogens is 564 g/mol. The fourth-order valence-electron chi connectivity index (χ4n) is 6.04. The highest BCUT2D eigenvalue weighted by Crippen LogP contribution is 2.34. The topological polar surface area (TPSA) is 97.2 Å². The highest BCUT2D eigenvalue weighted by Gasteiger charge is 2.31. The van der Waals surface area contributed by atoms with Crippen molar-refractivity contribution in [3.63, 3.8) is 0 Å². The maximum absolute atomic E-state index is 14.1. The number of urea groups is 1. The number of benzene rings is 2. The van der Waals surface area contributed by atoms with Crippen molar-refractivity contribution in [2.75, 3.05) is 47.1 Å². The normalized spacial score (nSPS) is 20.0. The molecule has 1 aliphatic carbocycles. The number of amides is 3. The Kier molecular flexibility index (Phi) is 10.3. The molecule has 1 saturated carbocycles. The predicted octanol–water partition coefficient (Wildman–Crippen LogP) is 6.04. The zero-order valence-corrected chi connectivity index (χ0v) is 26.1. The minimum atomic E-state index is -0.297. The maximum atomic E-state index is 14.1. The number of rotatable bonds is 9. The van der Waals surface area contributed by atoms with E-state index >= 15 is 0 Å². The lowest BCUT2D eigenvalue weighted by atomic mass is 9.89. The van der Waals surface area contributed by atoms with E-state index in [4.69, 9.17) is 6.57 Å². The highest BCUT2D eigenvalue weighted by atomic mass is 16.2. The number of nitrogens with zero attached hydrogens (tertiary/aromatic N) is 5. The first-order valence-electron chi connectivity index (χ1n) is 15.6. The second-order valence-corrected chi connectivity index (χ2v) is 11.9. The Morgan fingerprint density at radius 1 is 1.09 bits per heavy atom. The van der Waals surface area contributed by atoms with E-state index in [1.807, 2.05) is 53.4 Å². The summed E-state index contributed by atoms with van der Waals surface area (Å²) in [6.07, 6.45) is 6.13. The summed E-state index contributed by atoms with van der Waals surface area (Å²) in [7, 11) is 2.14. The summed E-state index contributed by atoms with van der Waals surface area (Å²) < 4.78 is 0. The number of piperazine rings is 1. The van der Waals surface area contributed by atoms with Crippen molar-refractivity contribution >= 4 is 40.5 Å². The van der Waals surface area contributed by atoms with Crippen LogP contribution in [0, 0.1) is 6.57 Å². The third-order valence-corrected chi connectivity index (χ3v) is 8.75. The molecule has 2 fully saturated rings. The van der Waals surface area contributed by atoms with Gasteiger partial charge in [0.1, 0.15) is 5.82 Å². The lowest BCUT2D eigenvalue weighted by Gasteiger charge is -2.40. The van der Waals surface area contributed by atoms with Crippen molar-refractivity contribution in [1.82, 2.24) is 15.2 Å². The Morgan fingerprint density at radius 2 is 1.87 bits per heavy atom. The number of hydrogen-bond donors (Lipinski definition) is 3. The maximum Gasteiger partial charge on any atom is 0.322 e. The first-order chi connectivity index (χ1) is 21.8. The number of hydrogen-bond acceptors (Lipinski definition) is 6. The Hall–Kier alpha value is -4.88. The third-order valence-electron chi connectivity index (χ3n) is 8.75. The molecule has 0 spiro atoms. The van der Waals surface area contributed by atoms with E-state index in [1.165, 1.54) is 6.08 Å². The van der Waals surface area contributed by atoms with E-state index in [0.29, 0.717) is 24.0 Å². The molecule has 5 rings (SSSR count). The van der Waals surface area contributed by atoms with E-state index in [9.17, 15) is 9.59 Å². The second kappa shape index (κ2) is 14.7. The Balaban J connectivity index is 1.41. The van der Waals surface area contributed by atoms with Gasteiger partial charge < -0.3 is 25.8 Å². The first kappa shape index (κ1) is 31.5. The summed E-state index contributed by atoms with van der Waals surface area (Å²) in [4.78, 5) is 40.8. The minimum absolute atomic E-state index is 0.0408. The largest absolute Gasteiger partial charge is 0.369 e. The van der Waals surface area contributed by atoms with Gasteiger partial charge in [0.15, 0.2) is 0 Å². The van der Waals surface area contributed by atoms with Gasteiger partial charge in [-0.1, -0.05) is 43.0 Å². The van der Waals surface area contributed by atoms with Gasteiger partial charge in [-0.15, -0.1) is 0 Å². The predicted molar refractivity (Wildman–Crippen MR) is 181 cm³/mol. The van der Waals surface area contributed by atoms with Crippen LogP contribution in [0.25, 0.3) is 4.85 Å². The molecule has 2 aliphatic rings. The van der Waals surface area contributed by atoms with Gasteiger partial charge in [0, 0.05) is 67.6 Å². The molecule has 1 atom stereocenters. The summed E-state index contributed by atoms with van der Waals surface area (Å²) in [6, 6.07) is 19.8. The number of carbonyl (C=O) groups excluding carboxylic acids is 2. The van der Waals surface area contributed by atoms with Gasteiger partial charge in [0.25, 0.3) is 0 Å². The van der Waals surface area contributed by atoms with Gasteiger partial charge in [-0.25, -0.2) is 9.64 Å². The zero-order chi connectivity index (χ0) is 31.8. The molecule has 0 bridgehead atoms. The van der Waals surface area contributed by atoms with Gasteiger partial charge in [0.2, 0.25) is 11.6 Å². The van der Waals surface area contributed by atoms with Crippen LogP contribution < -0.4 is 25.8 Å². The van der Waals surface area contributed by atoms with Crippen LogP contribution in [0.2, 0.25) is 0 Å². The second-order valence-electron chi connectivity index (χ2n) is 11.9. The quantitative estimate of drug-likeness (QED) is 0.203. The molecule has 10 heteroatoms. The lowest BCUT2D eigenvalue weighted by Crippen LogP contribution is -2.50. The van der Waals surface area contributed by atoms with E-state index in [0.717, 1.165) is 68.1 Å². The molecule has 3 aromatic rings. The van der Waals surface area contributed by atoms with Crippen LogP contribution in [0.15, 0.2) is 79.5 Å². The van der Waals surface area contributed by atoms with Crippen LogP contribution in [0.3, 0.4) is 0 Å². The summed E-state index contributed by atoms with van der Waals surface area (Å²) in [5.74, 6) is 0.453. The average molecular weight is 607 g/mol. The molecule has 1 saturated heterocycles. The van der Waals surface area contributed by atoms with Crippen LogP contribution in [0.5, 0.6) is 0 Å². The first-order valence-corrected chi connectivity index (χ1v) is 15.6. The summed E-state index contributed by atoms with van der Waals surface area (Å²) >= 11 is 0. The third kappa shape index (κ3) is 8.19. The summed E-state index contributed by atoms with van der Waals surface area (Å²) in [6.45, 7) is 16.0. The molecule has 0 unspecified atom stereocenters. The van der Waals surface area contributed by atoms with Crippen molar-refractivity contribution in [1.29, 1.82) is 0 Å². The zero-order valence-electron chi connectivity index (χ0n) is 26.1. The Morgan fingerprint density at radius 3 is 2.53 bits per heavy atom. The molecule has 3 N–H and O–H groups in total. The Bertz CT molecular complexity index is 1510. The van der Waals surface area contributed by atoms with Crippen molar-refractivity contribution in [3.05, 3.63) is 96.5 Å². The number of anilines is 4. The monoisotopic (exact) mass is 606 g/mol. The van der Waals surface area contributed by atoms with Gasteiger partial charge in [0.05, 0.1) is 6.57 Å². The average Bonchev–Trinajstić information content (AvgIpc) is 3.06. The van der Waals surface area contributed by atoms with Crippen LogP contribution in [0.4, 0.5) is 33.4 Å². The van der Waals surface area contributed by atoms with Gasteiger partial charge in [-0.05, 0) is 75.6 Å². The van der Waals surface area contributed by atoms with Crippen molar-refractivity contribution in [2.45, 2.75) is 57.3 Å². The standard InChI is InChI=1S/C35H42N8O2/c1-5-34(44)40-29-19-31(42-18-17-41(4)25(2)24-42)21-32(20-29)43(35(45)38-22-26-9-7-6-8-10-26)30-14-11-27(12-15-30)39-33-16-13-28(36-3)23-37-33/h5-10,13,16,19-21,23,25,27,30H,1,11-12,14-15,17-18,22,24H2,2,4H3,(H,37,39)(H,38,45)(H,40,44)/t25-,27?,30?/m0/s1. The molecule has 0 radical (unpaired) electrons. The smallest absolute Gasteiger partial charge is 0.322 e. The van der Waals surface area contributed by atoms with E-state index < -0.39 is 0 Å². The number of nitrogens with one attached hydrogen (secondary N) is 3. The molecule has 3 amide bonds. The Labute approximate surface area is 265 Å². The molecule has 1 aliphatic heterocycles. The van der Waals surface area contributed by atoms with Gasteiger partial charge in [-0.2, -0.15) is 0 Å². The van der Waals surface area contributed by atoms with Crippen LogP contribution in [-0.4, -0.2) is 66.6 Å². The molecular formula is C35H42N8O2. The van der Waals surface area contributed by atoms with E-state index in [-0.39, 0.29) is 24.0 Å². The van der Waals surface area contributed by atoms with Crippen molar-refractivity contribution < 1.29 is 9.59 Å². The molecule has 234 valence electrons. The van der Waals surface area contributed by atoms with E-state index in [2.05, 4.69) is 62.2 Å². The van der Waals surface area contributed by atoms with E-state index in [1.54, 1.807) is 12.3 Å². The van der Waals surface area contributed by atoms with Crippen molar-refractivity contribution in [2.24, 2.45) is 0 Å². The molecule has 1 aromatic heterocycles. The lowest BCUT2D eigenvalue weighted by molar-refractivity contribution is -0.111. The van der Waals surface area contributed by atoms with Gasteiger partial charge >= 0.3 is 6.03 Å². The van der Waals surface area contributed by atoms with Crippen LogP contribution in [0.1, 0.15) is 38.2 Å². The summed E-state index contributed by atoms with van der Waals surface area (Å²) in [5.41, 5.74) is 3.88. The number of pyridine rings is 1. The fourth-order valence-corrected chi connectivity index (χ4v) is 6.04. The fraction of sp³-hybridized carbons (Fsp3) is 0.371. The van der Waals surface area contributed by atoms with Crippen LogP contribution >= 0.6 is 0 Å². The number of likely N-dealkylation sites (N-methyl/N-ethyl adjacent to an activating group) is 1. The van der Waals surface area contributed by atoms with Crippen LogP contribution in [-0.2, 0) is 11.3 Å². The highest BCUT2D eigenvalue weighted by molar-refractivity contribution is 6.00. The van der Waals surface area contributed by atoms with Gasteiger partial charge in [-0.3, -0.25) is 14.7 Å². The molecule has 45 heavy (non-hydrogen) atoms.